The fourth-order valence-corrected chi connectivity index (χ4v) is 19.7. The van der Waals surface area contributed by atoms with E-state index in [1.54, 1.807) is 0 Å². The molecule has 12 heteroatoms. The van der Waals surface area contributed by atoms with Gasteiger partial charge in [-0.15, -0.1) is 0 Å². The Bertz CT molecular complexity index is 9110. The first-order valence-electron chi connectivity index (χ1n) is 47.4. The van der Waals surface area contributed by atoms with Gasteiger partial charge in [-0.3, -0.25) is 0 Å². The number of rotatable bonds is 15. The van der Waals surface area contributed by atoms with Crippen LogP contribution in [-0.4, -0.2) is 58.6 Å². The van der Waals surface area contributed by atoms with Crippen molar-refractivity contribution >= 4 is 97.7 Å². The number of aromatic nitrogens is 12. The van der Waals surface area contributed by atoms with Gasteiger partial charge >= 0.3 is 0 Å². The molecule has 0 aliphatic heterocycles. The molecule has 27 rings (SSSR count). The topological polar surface area (TPSA) is 131 Å². The van der Waals surface area contributed by atoms with E-state index in [1.165, 1.54) is 131 Å². The molecule has 0 fully saturated rings. The maximum atomic E-state index is 4.94. The van der Waals surface area contributed by atoms with Gasteiger partial charge in [0, 0.05) is 105 Å². The second-order valence-electron chi connectivity index (χ2n) is 35.1. The van der Waals surface area contributed by atoms with Gasteiger partial charge in [-0.25, -0.2) is 44.9 Å². The molecule has 0 aliphatic carbocycles. The first kappa shape index (κ1) is 83.6. The monoisotopic (exact) mass is 1800 g/mol. The molecule has 0 N–H and O–H groups in total. The van der Waals surface area contributed by atoms with Crippen LogP contribution < -0.4 is 0 Å². The first-order valence-corrected chi connectivity index (χ1v) is 47.4. The van der Waals surface area contributed by atoms with Crippen LogP contribution in [0.3, 0.4) is 0 Å². The molecule has 0 unspecified atom stereocenters. The summed E-state index contributed by atoms with van der Waals surface area (Å²) in [5, 5.41) is 14.8. The lowest BCUT2D eigenvalue weighted by molar-refractivity contribution is 1.07. The van der Waals surface area contributed by atoms with Crippen LogP contribution in [0.1, 0.15) is 0 Å². The van der Waals surface area contributed by atoms with E-state index in [9.17, 15) is 0 Å². The highest BCUT2D eigenvalue weighted by atomic mass is 15.1. The molecule has 0 bridgehead atoms. The van der Waals surface area contributed by atoms with Crippen molar-refractivity contribution < 1.29 is 0 Å². The predicted octanol–water partition coefficient (Wildman–Crippen LogP) is 32.4. The van der Waals surface area contributed by atoms with E-state index >= 15 is 0 Å². The van der Waals surface area contributed by atoms with Crippen LogP contribution in [0, 0.1) is 0 Å². The summed E-state index contributed by atoms with van der Waals surface area (Å²) in [4.78, 5) is 44.2. The minimum atomic E-state index is 0.642. The van der Waals surface area contributed by atoms with Crippen molar-refractivity contribution in [3.05, 3.63) is 510 Å². The van der Waals surface area contributed by atoms with Gasteiger partial charge in [0.05, 0.1) is 33.1 Å². The molecule has 0 spiro atoms. The zero-order chi connectivity index (χ0) is 93.5. The Balaban J connectivity index is 0.000000111. The molecule has 141 heavy (non-hydrogen) atoms. The summed E-state index contributed by atoms with van der Waals surface area (Å²) < 4.78 is 7.14. The van der Waals surface area contributed by atoms with Crippen LogP contribution in [-0.2, 0) is 0 Å². The minimum absolute atomic E-state index is 0.642. The van der Waals surface area contributed by atoms with Crippen molar-refractivity contribution in [2.75, 3.05) is 0 Å². The lowest BCUT2D eigenvalue weighted by Crippen LogP contribution is -2.00. The number of hydrogen-bond acceptors (Lipinski definition) is 9. The average Bonchev–Trinajstić information content (AvgIpc) is 1.08. The van der Waals surface area contributed by atoms with E-state index in [0.717, 1.165) is 67.1 Å². The minimum Gasteiger partial charge on any atom is -0.309 e. The highest BCUT2D eigenvalue weighted by Crippen LogP contribution is 2.46. The highest BCUT2D eigenvalue weighted by molar-refractivity contribution is 6.25. The van der Waals surface area contributed by atoms with Gasteiger partial charge in [-0.05, 0) is 182 Å². The van der Waals surface area contributed by atoms with E-state index < -0.39 is 0 Å². The third-order valence-corrected chi connectivity index (χ3v) is 26.5. The summed E-state index contributed by atoms with van der Waals surface area (Å²) in [6, 6.07) is 178. The molecule has 27 aromatic rings. The zero-order valence-electron chi connectivity index (χ0n) is 76.4. The Morgan fingerprint density at radius 3 is 0.794 bits per heavy atom. The highest BCUT2D eigenvalue weighted by Gasteiger charge is 2.24. The molecule has 660 valence electrons. The standard InChI is InChI=1S/3C43H28N4/c1-4-13-29(14-5-1)36-21-12-22-37-39(36)40-35-20-11-10-15-30(35)25-28-38(40)47(37)34-26-23-33(24-27-34)43-45-41(31-16-6-2-7-17-31)44-42(46-43)32-18-8-3-9-19-32;1-4-12-29(13-5-1)34-23-27-39-38(28-34)37-26-22-30-14-10-11-19-36(30)40(37)47(39)35-24-20-33(21-25-35)43-45-41(31-15-6-2-7-16-31)44-42(46-43)32-17-8-3-9-18-32;1-4-12-29(13-5-1)35-22-25-39-37(27-35)38-26-33-18-10-11-19-34(33)28-40(38)47(39)36-23-20-32(21-24-36)43-45-41(30-14-6-2-7-15-30)44-42(46-43)31-16-8-3-9-17-31/h3*1-28H. The van der Waals surface area contributed by atoms with Crippen LogP contribution in [0.4, 0.5) is 0 Å². The summed E-state index contributed by atoms with van der Waals surface area (Å²) in [6.07, 6.45) is 0. The largest absolute Gasteiger partial charge is 0.309 e. The van der Waals surface area contributed by atoms with Crippen molar-refractivity contribution in [2.24, 2.45) is 0 Å². The van der Waals surface area contributed by atoms with Crippen LogP contribution in [0.25, 0.3) is 251 Å². The zero-order valence-corrected chi connectivity index (χ0v) is 76.4. The third kappa shape index (κ3) is 16.1. The van der Waals surface area contributed by atoms with Crippen molar-refractivity contribution in [1.29, 1.82) is 0 Å². The Labute approximate surface area is 813 Å². The van der Waals surface area contributed by atoms with Gasteiger partial charge in [-0.2, -0.15) is 0 Å². The molecule has 0 aliphatic rings. The Hall–Kier alpha value is -19.2. The summed E-state index contributed by atoms with van der Waals surface area (Å²) in [6.45, 7) is 0. The number of nitrogens with zero attached hydrogens (tertiary/aromatic N) is 12. The molecule has 0 radical (unpaired) electrons. The first-order chi connectivity index (χ1) is 69.9. The predicted molar refractivity (Wildman–Crippen MR) is 580 cm³/mol. The Morgan fingerprint density at radius 1 is 0.128 bits per heavy atom. The van der Waals surface area contributed by atoms with Gasteiger partial charge in [0.2, 0.25) is 0 Å². The van der Waals surface area contributed by atoms with Crippen LogP contribution in [0.15, 0.2) is 510 Å². The maximum Gasteiger partial charge on any atom is 0.164 e. The number of hydrogen-bond donors (Lipinski definition) is 0. The lowest BCUT2D eigenvalue weighted by Gasteiger charge is -2.12. The maximum absolute atomic E-state index is 4.94. The van der Waals surface area contributed by atoms with Gasteiger partial charge in [0.25, 0.3) is 0 Å². The van der Waals surface area contributed by atoms with E-state index in [1.807, 2.05) is 182 Å². The molecular formula is C129H84N12. The fourth-order valence-electron chi connectivity index (χ4n) is 19.7. The molecule has 12 nitrogen and oxygen atoms in total. The second-order valence-corrected chi connectivity index (χ2v) is 35.1. The van der Waals surface area contributed by atoms with E-state index in [-0.39, 0.29) is 0 Å². The van der Waals surface area contributed by atoms with Crippen LogP contribution >= 0.6 is 0 Å². The molecule has 0 atom stereocenters. The molecule has 6 heterocycles. The number of benzene rings is 21. The second kappa shape index (κ2) is 36.6. The fraction of sp³-hybridized carbons (Fsp3) is 0. The SMILES string of the molecule is c1ccc(-c2ccc3c(c2)c2cc4ccccc4cc2n3-c2ccc(-c3nc(-c4ccccc4)nc(-c4ccccc4)n3)cc2)cc1.c1ccc(-c2ccc3c(c2)c2ccc4ccccc4c2n3-c2ccc(-c3nc(-c4ccccc4)nc(-c4ccccc4)n3)cc2)cc1.c1ccc(-c2nc(-c3ccccc3)nc(-c3ccc(-n4c5cccc(-c6ccccc6)c5c5c6ccccc6ccc54)cc3)n2)cc1. The van der Waals surface area contributed by atoms with Crippen molar-refractivity contribution in [1.82, 2.24) is 58.6 Å². The van der Waals surface area contributed by atoms with Crippen LogP contribution in [0.2, 0.25) is 0 Å². The van der Waals surface area contributed by atoms with E-state index in [0.29, 0.717) is 52.4 Å². The summed E-state index contributed by atoms with van der Waals surface area (Å²) in [7, 11) is 0. The number of fused-ring (bicyclic) bond motifs is 14. The molecule has 21 aromatic carbocycles. The molecule has 0 amide bonds. The molecule has 0 saturated heterocycles. The quantitative estimate of drug-likeness (QED) is 0.0984. The van der Waals surface area contributed by atoms with Gasteiger partial charge in [0.1, 0.15) is 0 Å². The summed E-state index contributed by atoms with van der Waals surface area (Å²) in [5.41, 5.74) is 26.1. The van der Waals surface area contributed by atoms with E-state index in [2.05, 4.69) is 341 Å². The van der Waals surface area contributed by atoms with E-state index in [4.69, 9.17) is 44.9 Å². The van der Waals surface area contributed by atoms with Gasteiger partial charge < -0.3 is 13.7 Å². The summed E-state index contributed by atoms with van der Waals surface area (Å²) >= 11 is 0. The smallest absolute Gasteiger partial charge is 0.164 e. The van der Waals surface area contributed by atoms with Gasteiger partial charge in [0.15, 0.2) is 52.4 Å². The van der Waals surface area contributed by atoms with Crippen molar-refractivity contribution in [3.8, 4) is 153 Å². The Kier molecular flexibility index (Phi) is 21.7. The lowest BCUT2D eigenvalue weighted by atomic mass is 9.97. The average molecular weight is 1800 g/mol. The normalized spacial score (nSPS) is 11.4. The van der Waals surface area contributed by atoms with Crippen molar-refractivity contribution in [3.63, 3.8) is 0 Å². The molecule has 0 saturated carbocycles. The van der Waals surface area contributed by atoms with Crippen LogP contribution in [0.5, 0.6) is 0 Å². The van der Waals surface area contributed by atoms with Gasteiger partial charge in [-0.1, -0.05) is 388 Å². The van der Waals surface area contributed by atoms with Crippen molar-refractivity contribution in [2.45, 2.75) is 0 Å². The summed E-state index contributed by atoms with van der Waals surface area (Å²) in [5.74, 6) is 5.85. The molecular weight excluding hydrogens is 1720 g/mol. The Morgan fingerprint density at radius 2 is 0.397 bits per heavy atom. The third-order valence-electron chi connectivity index (χ3n) is 26.5. The molecule has 6 aromatic heterocycles.